The molecule has 3 rings (SSSR count). The number of aryl methyl sites for hydroxylation is 2. The number of benzene rings is 2. The lowest BCUT2D eigenvalue weighted by Gasteiger charge is -2.19. The van der Waals surface area contributed by atoms with E-state index in [1.165, 1.54) is 5.56 Å². The van der Waals surface area contributed by atoms with Gasteiger partial charge in [-0.05, 0) is 47.7 Å². The minimum atomic E-state index is -0.107. The summed E-state index contributed by atoms with van der Waals surface area (Å²) in [5, 5.41) is 7.25. The molecule has 0 aliphatic heterocycles. The van der Waals surface area contributed by atoms with Crippen molar-refractivity contribution >= 4 is 5.91 Å². The Hall–Kier alpha value is -3.08. The van der Waals surface area contributed by atoms with E-state index in [2.05, 4.69) is 43.3 Å². The van der Waals surface area contributed by atoms with E-state index < -0.39 is 0 Å². The van der Waals surface area contributed by atoms with Crippen molar-refractivity contribution in [1.82, 2.24) is 15.1 Å². The highest BCUT2D eigenvalue weighted by Gasteiger charge is 2.13. The van der Waals surface area contributed by atoms with Crippen LogP contribution in [0, 0.1) is 6.92 Å². The molecular formula is C24H29N3O2. The molecule has 3 aromatic rings. The zero-order valence-electron chi connectivity index (χ0n) is 17.8. The summed E-state index contributed by atoms with van der Waals surface area (Å²) in [7, 11) is 1.87. The molecule has 0 aliphatic rings. The molecule has 152 valence electrons. The molecule has 5 nitrogen and oxygen atoms in total. The number of nitrogens with zero attached hydrogens (tertiary/aromatic N) is 2. The lowest BCUT2D eigenvalue weighted by atomic mass is 9.87. The first-order chi connectivity index (χ1) is 13.7. The number of amides is 1. The average molecular weight is 392 g/mol. The fraction of sp³-hybridized carbons (Fsp3) is 0.333. The highest BCUT2D eigenvalue weighted by molar-refractivity contribution is 5.94. The summed E-state index contributed by atoms with van der Waals surface area (Å²) in [6, 6.07) is 15.7. The van der Waals surface area contributed by atoms with Crippen molar-refractivity contribution in [2.75, 3.05) is 0 Å². The second kappa shape index (κ2) is 8.52. The molecule has 1 aromatic heterocycles. The minimum Gasteiger partial charge on any atom is -0.489 e. The van der Waals surface area contributed by atoms with Crippen molar-refractivity contribution in [2.24, 2.45) is 7.05 Å². The molecule has 0 unspecified atom stereocenters. The molecule has 1 heterocycles. The van der Waals surface area contributed by atoms with Gasteiger partial charge in [-0.3, -0.25) is 9.48 Å². The molecule has 0 saturated carbocycles. The first-order valence-electron chi connectivity index (χ1n) is 9.82. The maximum absolute atomic E-state index is 12.5. The van der Waals surface area contributed by atoms with E-state index in [-0.39, 0.29) is 11.3 Å². The van der Waals surface area contributed by atoms with Gasteiger partial charge in [0.2, 0.25) is 0 Å². The quantitative estimate of drug-likeness (QED) is 0.671. The highest BCUT2D eigenvalue weighted by Crippen LogP contribution is 2.24. The van der Waals surface area contributed by atoms with Gasteiger partial charge in [-0.2, -0.15) is 5.10 Å². The second-order valence-electron chi connectivity index (χ2n) is 8.36. The maximum Gasteiger partial charge on any atom is 0.251 e. The van der Waals surface area contributed by atoms with Crippen LogP contribution < -0.4 is 10.1 Å². The Morgan fingerprint density at radius 2 is 1.86 bits per heavy atom. The van der Waals surface area contributed by atoms with Crippen molar-refractivity contribution < 1.29 is 9.53 Å². The molecule has 0 atom stereocenters. The molecule has 0 bridgehead atoms. The highest BCUT2D eigenvalue weighted by atomic mass is 16.5. The van der Waals surface area contributed by atoms with Gasteiger partial charge in [-0.1, -0.05) is 45.0 Å². The minimum absolute atomic E-state index is 0.107. The monoisotopic (exact) mass is 391 g/mol. The van der Waals surface area contributed by atoms with Crippen LogP contribution in [0.15, 0.2) is 54.7 Å². The van der Waals surface area contributed by atoms with Gasteiger partial charge < -0.3 is 10.1 Å². The topological polar surface area (TPSA) is 56.2 Å². The Kier molecular flexibility index (Phi) is 6.06. The number of carbonyl (C=O) groups is 1. The molecule has 29 heavy (non-hydrogen) atoms. The predicted octanol–water partition coefficient (Wildman–Crippen LogP) is 4.54. The summed E-state index contributed by atoms with van der Waals surface area (Å²) in [4.78, 5) is 12.5. The zero-order valence-corrected chi connectivity index (χ0v) is 17.8. The van der Waals surface area contributed by atoms with E-state index in [0.717, 1.165) is 22.6 Å². The van der Waals surface area contributed by atoms with E-state index in [1.54, 1.807) is 4.68 Å². The number of ether oxygens (including phenoxy) is 1. The van der Waals surface area contributed by atoms with Crippen LogP contribution in [0.1, 0.15) is 53.5 Å². The molecule has 5 heteroatoms. The third kappa shape index (κ3) is 5.47. The average Bonchev–Trinajstić information content (AvgIpc) is 3.01. The molecule has 0 spiro atoms. The third-order valence-corrected chi connectivity index (χ3v) is 4.87. The van der Waals surface area contributed by atoms with E-state index in [9.17, 15) is 4.79 Å². The Morgan fingerprint density at radius 3 is 2.48 bits per heavy atom. The molecule has 0 saturated heterocycles. The van der Waals surface area contributed by atoms with Crippen LogP contribution in [-0.4, -0.2) is 15.7 Å². The second-order valence-corrected chi connectivity index (χ2v) is 8.36. The van der Waals surface area contributed by atoms with E-state index >= 15 is 0 Å². The van der Waals surface area contributed by atoms with Crippen LogP contribution in [0.25, 0.3) is 0 Å². The van der Waals surface area contributed by atoms with Crippen molar-refractivity contribution in [3.05, 3.63) is 82.7 Å². The molecule has 2 aromatic carbocycles. The predicted molar refractivity (Wildman–Crippen MR) is 115 cm³/mol. The number of carbonyl (C=O) groups excluding carboxylic acids is 1. The number of nitrogens with one attached hydrogen (secondary N) is 1. The van der Waals surface area contributed by atoms with Gasteiger partial charge in [0.15, 0.2) is 0 Å². The number of aromatic nitrogens is 2. The lowest BCUT2D eigenvalue weighted by Crippen LogP contribution is -2.23. The Labute approximate surface area is 172 Å². The van der Waals surface area contributed by atoms with Crippen molar-refractivity contribution in [3.63, 3.8) is 0 Å². The molecule has 0 radical (unpaired) electrons. The van der Waals surface area contributed by atoms with Gasteiger partial charge in [0.05, 0.1) is 5.69 Å². The number of hydrogen-bond donors (Lipinski definition) is 1. The molecule has 1 amide bonds. The summed E-state index contributed by atoms with van der Waals surface area (Å²) < 4.78 is 7.65. The van der Waals surface area contributed by atoms with Crippen LogP contribution in [0.3, 0.4) is 0 Å². The van der Waals surface area contributed by atoms with Crippen molar-refractivity contribution in [2.45, 2.75) is 46.3 Å². The van der Waals surface area contributed by atoms with Crippen LogP contribution in [0.5, 0.6) is 5.75 Å². The Balaban J connectivity index is 1.59. The van der Waals surface area contributed by atoms with Gasteiger partial charge in [0, 0.05) is 30.9 Å². The van der Waals surface area contributed by atoms with Crippen molar-refractivity contribution in [1.29, 1.82) is 0 Å². The summed E-state index contributed by atoms with van der Waals surface area (Å²) in [5.41, 5.74) is 4.90. The van der Waals surface area contributed by atoms with Crippen LogP contribution >= 0.6 is 0 Å². The van der Waals surface area contributed by atoms with Gasteiger partial charge in [0.25, 0.3) is 5.91 Å². The normalized spacial score (nSPS) is 11.3. The van der Waals surface area contributed by atoms with Crippen LogP contribution in [-0.2, 0) is 25.6 Å². The fourth-order valence-corrected chi connectivity index (χ4v) is 3.12. The van der Waals surface area contributed by atoms with Crippen LogP contribution in [0.4, 0.5) is 0 Å². The standard InChI is InChI=1S/C24H29N3O2/c1-17-20(15-27(5)26-17)14-25-23(28)19-8-6-7-18(13-19)16-29-22-11-9-21(10-12-22)24(2,3)4/h6-13,15H,14,16H2,1-5H3,(H,25,28). The Morgan fingerprint density at radius 1 is 1.14 bits per heavy atom. The van der Waals surface area contributed by atoms with E-state index in [4.69, 9.17) is 4.74 Å². The molecule has 1 N–H and O–H groups in total. The first-order valence-corrected chi connectivity index (χ1v) is 9.82. The Bertz CT molecular complexity index is 982. The van der Waals surface area contributed by atoms with Crippen LogP contribution in [0.2, 0.25) is 0 Å². The SMILES string of the molecule is Cc1nn(C)cc1CNC(=O)c1cccc(COc2ccc(C(C)(C)C)cc2)c1. The van der Waals surface area contributed by atoms with Crippen molar-refractivity contribution in [3.8, 4) is 5.75 Å². The lowest BCUT2D eigenvalue weighted by molar-refractivity contribution is 0.0950. The summed E-state index contributed by atoms with van der Waals surface area (Å²) in [5.74, 6) is 0.713. The fourth-order valence-electron chi connectivity index (χ4n) is 3.12. The van der Waals surface area contributed by atoms with Gasteiger partial charge >= 0.3 is 0 Å². The largest absolute Gasteiger partial charge is 0.489 e. The van der Waals surface area contributed by atoms with E-state index in [1.807, 2.05) is 56.6 Å². The first kappa shape index (κ1) is 20.6. The summed E-state index contributed by atoms with van der Waals surface area (Å²) in [6.45, 7) is 9.38. The smallest absolute Gasteiger partial charge is 0.251 e. The molecular weight excluding hydrogens is 362 g/mol. The molecule has 0 fully saturated rings. The van der Waals surface area contributed by atoms with Gasteiger partial charge in [0.1, 0.15) is 12.4 Å². The zero-order chi connectivity index (χ0) is 21.0. The third-order valence-electron chi connectivity index (χ3n) is 4.87. The van der Waals surface area contributed by atoms with E-state index in [0.29, 0.717) is 18.7 Å². The number of hydrogen-bond acceptors (Lipinski definition) is 3. The summed E-state index contributed by atoms with van der Waals surface area (Å²) in [6.07, 6.45) is 1.92. The maximum atomic E-state index is 12.5. The molecule has 0 aliphatic carbocycles. The van der Waals surface area contributed by atoms with Gasteiger partial charge in [-0.15, -0.1) is 0 Å². The summed E-state index contributed by atoms with van der Waals surface area (Å²) >= 11 is 0. The van der Waals surface area contributed by atoms with Gasteiger partial charge in [-0.25, -0.2) is 0 Å². The number of rotatable bonds is 6.